The van der Waals surface area contributed by atoms with Crippen LogP contribution in [0.5, 0.6) is 11.5 Å². The maximum Gasteiger partial charge on any atom is 0.255 e. The molecule has 10 heteroatoms. The monoisotopic (exact) mass is 534 g/mol. The molecule has 5 rings (SSSR count). The number of carbonyl (C=O) groups is 3. The van der Waals surface area contributed by atoms with Gasteiger partial charge in [-0.15, -0.1) is 0 Å². The number of amides is 1. The summed E-state index contributed by atoms with van der Waals surface area (Å²) in [5.41, 5.74) is 3.57. The summed E-state index contributed by atoms with van der Waals surface area (Å²) in [6.07, 6.45) is 0.215. The number of primary amides is 1. The van der Waals surface area contributed by atoms with Gasteiger partial charge in [-0.25, -0.2) is 0 Å². The second kappa shape index (κ2) is 9.25. The number of carbonyl (C=O) groups excluding carboxylic acids is 3. The first kappa shape index (κ1) is 26.5. The van der Waals surface area contributed by atoms with Crippen LogP contribution in [0.4, 0.5) is 0 Å². The molecule has 1 amide bonds. The minimum Gasteiger partial charge on any atom is -0.510 e. The van der Waals surface area contributed by atoms with Gasteiger partial charge in [-0.1, -0.05) is 24.3 Å². The lowest BCUT2D eigenvalue weighted by Gasteiger charge is -2.50. The lowest BCUT2D eigenvalue weighted by Crippen LogP contribution is -2.63. The standard InChI is InChI=1S/C29H30N2O8/c1-4-39-19-8-6-5-7-15(19)14-9-10-18(32)21-16(14)11-13-12-17-23(31(2)3)25(34)22(28(30)37)27(36)29(17,38)26(35)20(13)24(21)33/h5-10,13,17,23,32,34-35,38H,4,11-12H2,1-3H3,(H2,30,37)/t13-,17+,23-,29+/m1/s1. The van der Waals surface area contributed by atoms with Crippen molar-refractivity contribution in [2.24, 2.45) is 17.6 Å². The number of allylic oxidation sites excluding steroid dienone is 1. The van der Waals surface area contributed by atoms with Gasteiger partial charge in [0, 0.05) is 17.1 Å². The van der Waals surface area contributed by atoms with Gasteiger partial charge in [0.2, 0.25) is 5.78 Å². The van der Waals surface area contributed by atoms with Gasteiger partial charge in [-0.05, 0) is 63.0 Å². The van der Waals surface area contributed by atoms with Crippen molar-refractivity contribution in [2.75, 3.05) is 20.7 Å². The fraction of sp³-hybridized carbons (Fsp3) is 0.345. The van der Waals surface area contributed by atoms with E-state index < -0.39 is 58.0 Å². The molecule has 0 radical (unpaired) electrons. The summed E-state index contributed by atoms with van der Waals surface area (Å²) in [6, 6.07) is 9.36. The number of nitrogens with two attached hydrogens (primary N) is 1. The van der Waals surface area contributed by atoms with Crippen molar-refractivity contribution < 1.29 is 39.5 Å². The first-order valence-electron chi connectivity index (χ1n) is 12.7. The van der Waals surface area contributed by atoms with Crippen LogP contribution in [0.15, 0.2) is 59.1 Å². The number of ether oxygens (including phenoxy) is 1. The molecule has 3 aliphatic rings. The molecule has 2 aromatic carbocycles. The molecule has 0 saturated heterocycles. The molecule has 39 heavy (non-hydrogen) atoms. The number of hydrogen-bond acceptors (Lipinski definition) is 9. The molecular formula is C29H30N2O8. The smallest absolute Gasteiger partial charge is 0.255 e. The Morgan fingerprint density at radius 2 is 1.79 bits per heavy atom. The Balaban J connectivity index is 1.72. The maximum atomic E-state index is 13.9. The first-order valence-corrected chi connectivity index (χ1v) is 12.7. The van der Waals surface area contributed by atoms with Crippen LogP contribution in [0.3, 0.4) is 0 Å². The Hall–Kier alpha value is -4.15. The molecule has 0 aromatic heterocycles. The van der Waals surface area contributed by atoms with E-state index >= 15 is 0 Å². The maximum absolute atomic E-state index is 13.9. The van der Waals surface area contributed by atoms with E-state index in [2.05, 4.69) is 0 Å². The molecule has 0 aliphatic heterocycles. The van der Waals surface area contributed by atoms with Crippen LogP contribution in [0, 0.1) is 11.8 Å². The summed E-state index contributed by atoms with van der Waals surface area (Å²) in [7, 11) is 3.18. The molecule has 2 aromatic rings. The van der Waals surface area contributed by atoms with Crippen LogP contribution in [-0.2, 0) is 16.0 Å². The summed E-state index contributed by atoms with van der Waals surface area (Å²) < 4.78 is 5.80. The molecule has 0 fully saturated rings. The lowest BCUT2D eigenvalue weighted by atomic mass is 9.58. The third-order valence-corrected chi connectivity index (χ3v) is 8.08. The highest BCUT2D eigenvalue weighted by Gasteiger charge is 2.63. The van der Waals surface area contributed by atoms with E-state index in [0.29, 0.717) is 23.5 Å². The Morgan fingerprint density at radius 3 is 2.44 bits per heavy atom. The average molecular weight is 535 g/mol. The molecule has 6 N–H and O–H groups in total. The highest BCUT2D eigenvalue weighted by atomic mass is 16.5. The second-order valence-corrected chi connectivity index (χ2v) is 10.4. The number of likely N-dealkylation sites (N-methyl/N-ethyl adjacent to an activating group) is 1. The number of fused-ring (bicyclic) bond motifs is 3. The number of rotatable bonds is 5. The molecule has 0 unspecified atom stereocenters. The van der Waals surface area contributed by atoms with Crippen molar-refractivity contribution in [3.8, 4) is 22.6 Å². The minimum atomic E-state index is -2.67. The number of phenolic OH excluding ortho intramolecular Hbond substituents is 1. The number of phenols is 1. The quantitative estimate of drug-likeness (QED) is 0.361. The molecule has 204 valence electrons. The number of hydrogen-bond donors (Lipinski definition) is 5. The van der Waals surface area contributed by atoms with Gasteiger partial charge >= 0.3 is 0 Å². The van der Waals surface area contributed by atoms with Crippen molar-refractivity contribution in [3.63, 3.8) is 0 Å². The normalized spacial score (nSPS) is 26.3. The fourth-order valence-corrected chi connectivity index (χ4v) is 6.47. The largest absolute Gasteiger partial charge is 0.510 e. The summed E-state index contributed by atoms with van der Waals surface area (Å²) in [4.78, 5) is 40.9. The van der Waals surface area contributed by atoms with E-state index in [1.165, 1.54) is 11.0 Å². The van der Waals surface area contributed by atoms with Gasteiger partial charge in [0.1, 0.15) is 28.6 Å². The number of benzene rings is 2. The van der Waals surface area contributed by atoms with Gasteiger partial charge < -0.3 is 30.9 Å². The Labute approximate surface area is 224 Å². The van der Waals surface area contributed by atoms with Crippen molar-refractivity contribution in [2.45, 2.75) is 31.4 Å². The Morgan fingerprint density at radius 1 is 1.10 bits per heavy atom. The van der Waals surface area contributed by atoms with Crippen LogP contribution in [0.2, 0.25) is 0 Å². The molecule has 0 spiro atoms. The van der Waals surface area contributed by atoms with Gasteiger partial charge in [0.25, 0.3) is 5.91 Å². The van der Waals surface area contributed by atoms with Crippen molar-refractivity contribution in [1.29, 1.82) is 0 Å². The number of Topliss-reactive ketones (excluding diaryl/α,β-unsaturated/α-hetero) is 2. The van der Waals surface area contributed by atoms with Crippen LogP contribution in [0.25, 0.3) is 11.1 Å². The number of aromatic hydroxyl groups is 1. The number of aliphatic hydroxyl groups is 3. The van der Waals surface area contributed by atoms with E-state index in [1.54, 1.807) is 26.2 Å². The molecule has 0 bridgehead atoms. The van der Waals surface area contributed by atoms with Crippen molar-refractivity contribution in [3.05, 3.63) is 70.2 Å². The molecular weight excluding hydrogens is 504 g/mol. The predicted octanol–water partition coefficient (Wildman–Crippen LogP) is 2.19. The van der Waals surface area contributed by atoms with E-state index in [4.69, 9.17) is 10.5 Å². The van der Waals surface area contributed by atoms with Crippen molar-refractivity contribution in [1.82, 2.24) is 4.90 Å². The molecule has 3 aliphatic carbocycles. The Bertz CT molecular complexity index is 1490. The minimum absolute atomic E-state index is 0.0218. The number of nitrogens with zero attached hydrogens (tertiary/aromatic N) is 1. The molecule has 10 nitrogen and oxygen atoms in total. The first-order chi connectivity index (χ1) is 18.4. The van der Waals surface area contributed by atoms with E-state index in [1.807, 2.05) is 25.1 Å². The SMILES string of the molecule is CCOc1ccccc1-c1ccc(O)c2c1C[C@@H]1C[C@H]3[C@@H](N(C)C)C(O)=C(C(N)=O)C(=O)[C@@]3(O)C(O)=C1C2=O. The molecule has 4 atom stereocenters. The summed E-state index contributed by atoms with van der Waals surface area (Å²) in [6.45, 7) is 2.28. The third kappa shape index (κ3) is 3.66. The summed E-state index contributed by atoms with van der Waals surface area (Å²) in [5, 5.41) is 44.8. The van der Waals surface area contributed by atoms with Crippen LogP contribution >= 0.6 is 0 Å². The zero-order valence-corrected chi connectivity index (χ0v) is 21.8. The summed E-state index contributed by atoms with van der Waals surface area (Å²) in [5.74, 6) is -6.19. The highest BCUT2D eigenvalue weighted by Crippen LogP contribution is 2.53. The average Bonchev–Trinajstić information content (AvgIpc) is 2.87. The number of ketones is 2. The Kier molecular flexibility index (Phi) is 6.27. The van der Waals surface area contributed by atoms with Crippen LogP contribution in [0.1, 0.15) is 29.3 Å². The fourth-order valence-electron chi connectivity index (χ4n) is 6.47. The highest BCUT2D eigenvalue weighted by molar-refractivity contribution is 6.24. The van der Waals surface area contributed by atoms with Gasteiger partial charge in [-0.3, -0.25) is 19.3 Å². The van der Waals surface area contributed by atoms with Crippen molar-refractivity contribution >= 4 is 17.5 Å². The number of para-hydroxylation sites is 1. The lowest BCUT2D eigenvalue weighted by molar-refractivity contribution is -0.148. The van der Waals surface area contributed by atoms with Crippen LogP contribution in [-0.4, -0.2) is 75.1 Å². The molecule has 0 saturated carbocycles. The van der Waals surface area contributed by atoms with E-state index in [9.17, 15) is 34.8 Å². The second-order valence-electron chi connectivity index (χ2n) is 10.4. The van der Waals surface area contributed by atoms with Gasteiger partial charge in [0.15, 0.2) is 11.4 Å². The third-order valence-electron chi connectivity index (χ3n) is 8.08. The molecule has 0 heterocycles. The van der Waals surface area contributed by atoms with E-state index in [0.717, 1.165) is 5.56 Å². The zero-order valence-electron chi connectivity index (χ0n) is 21.8. The van der Waals surface area contributed by atoms with E-state index in [-0.39, 0.29) is 29.7 Å². The van der Waals surface area contributed by atoms with Gasteiger partial charge in [-0.2, -0.15) is 0 Å². The number of aliphatic hydroxyl groups excluding tert-OH is 2. The predicted molar refractivity (Wildman–Crippen MR) is 140 cm³/mol. The van der Waals surface area contributed by atoms with Gasteiger partial charge in [0.05, 0.1) is 18.2 Å². The van der Waals surface area contributed by atoms with Crippen LogP contribution < -0.4 is 10.5 Å². The zero-order chi connectivity index (χ0) is 28.4. The topological polar surface area (TPSA) is 171 Å². The summed E-state index contributed by atoms with van der Waals surface area (Å²) >= 11 is 0.